The SMILES string of the molecule is CO[C@H]1C[C@@](C)(OC)[C@@H](C)[C@H](C)O1. The van der Waals surface area contributed by atoms with Gasteiger partial charge in [0.1, 0.15) is 0 Å². The Hall–Kier alpha value is -0.120. The third kappa shape index (κ3) is 2.03. The lowest BCUT2D eigenvalue weighted by atomic mass is 9.81. The minimum atomic E-state index is -0.129. The van der Waals surface area contributed by atoms with E-state index in [2.05, 4.69) is 20.8 Å². The normalized spacial score (nSPS) is 46.4. The van der Waals surface area contributed by atoms with Crippen LogP contribution in [-0.2, 0) is 14.2 Å². The highest BCUT2D eigenvalue weighted by atomic mass is 16.7. The first-order chi connectivity index (χ1) is 6.03. The van der Waals surface area contributed by atoms with Gasteiger partial charge in [-0.2, -0.15) is 0 Å². The topological polar surface area (TPSA) is 27.7 Å². The highest BCUT2D eigenvalue weighted by Gasteiger charge is 2.42. The van der Waals surface area contributed by atoms with Crippen molar-refractivity contribution in [3.8, 4) is 0 Å². The van der Waals surface area contributed by atoms with Gasteiger partial charge in [0.15, 0.2) is 6.29 Å². The van der Waals surface area contributed by atoms with Gasteiger partial charge < -0.3 is 14.2 Å². The van der Waals surface area contributed by atoms with Crippen molar-refractivity contribution in [3.63, 3.8) is 0 Å². The summed E-state index contributed by atoms with van der Waals surface area (Å²) in [5, 5.41) is 0. The number of ether oxygens (including phenoxy) is 3. The summed E-state index contributed by atoms with van der Waals surface area (Å²) in [6, 6.07) is 0. The van der Waals surface area contributed by atoms with E-state index in [1.165, 1.54) is 0 Å². The maximum Gasteiger partial charge on any atom is 0.160 e. The van der Waals surface area contributed by atoms with E-state index in [0.717, 1.165) is 6.42 Å². The molecule has 0 amide bonds. The van der Waals surface area contributed by atoms with Crippen LogP contribution in [-0.4, -0.2) is 32.2 Å². The molecule has 0 bridgehead atoms. The van der Waals surface area contributed by atoms with E-state index in [9.17, 15) is 0 Å². The zero-order valence-electron chi connectivity index (χ0n) is 9.16. The minimum absolute atomic E-state index is 0.127. The molecule has 0 aromatic heterocycles. The van der Waals surface area contributed by atoms with E-state index < -0.39 is 0 Å². The van der Waals surface area contributed by atoms with Crippen LogP contribution >= 0.6 is 0 Å². The molecule has 1 aliphatic rings. The lowest BCUT2D eigenvalue weighted by molar-refractivity contribution is -0.251. The smallest absolute Gasteiger partial charge is 0.160 e. The van der Waals surface area contributed by atoms with Gasteiger partial charge in [-0.05, 0) is 13.8 Å². The van der Waals surface area contributed by atoms with Gasteiger partial charge in [0.2, 0.25) is 0 Å². The summed E-state index contributed by atoms with van der Waals surface area (Å²) in [5.41, 5.74) is -0.127. The quantitative estimate of drug-likeness (QED) is 0.661. The summed E-state index contributed by atoms with van der Waals surface area (Å²) in [7, 11) is 3.42. The lowest BCUT2D eigenvalue weighted by Gasteiger charge is -2.45. The van der Waals surface area contributed by atoms with E-state index in [0.29, 0.717) is 5.92 Å². The van der Waals surface area contributed by atoms with Gasteiger partial charge in [-0.1, -0.05) is 6.92 Å². The molecule has 0 unspecified atom stereocenters. The summed E-state index contributed by atoms with van der Waals surface area (Å²) in [6.45, 7) is 6.33. The third-order valence-electron chi connectivity index (χ3n) is 3.33. The zero-order valence-corrected chi connectivity index (χ0v) is 9.16. The van der Waals surface area contributed by atoms with Gasteiger partial charge in [-0.25, -0.2) is 0 Å². The molecular weight excluding hydrogens is 168 g/mol. The summed E-state index contributed by atoms with van der Waals surface area (Å²) in [4.78, 5) is 0. The lowest BCUT2D eigenvalue weighted by Crippen LogP contribution is -2.51. The van der Waals surface area contributed by atoms with Crippen molar-refractivity contribution >= 4 is 0 Å². The van der Waals surface area contributed by atoms with Crippen LogP contribution in [0.1, 0.15) is 27.2 Å². The van der Waals surface area contributed by atoms with Crippen LogP contribution in [0.25, 0.3) is 0 Å². The van der Waals surface area contributed by atoms with Crippen LogP contribution in [0, 0.1) is 5.92 Å². The van der Waals surface area contributed by atoms with E-state index in [-0.39, 0.29) is 18.0 Å². The summed E-state index contributed by atoms with van der Waals surface area (Å²) < 4.78 is 16.4. The molecule has 78 valence electrons. The molecule has 0 spiro atoms. The van der Waals surface area contributed by atoms with Gasteiger partial charge in [-0.15, -0.1) is 0 Å². The monoisotopic (exact) mass is 188 g/mol. The van der Waals surface area contributed by atoms with E-state index in [4.69, 9.17) is 14.2 Å². The fourth-order valence-electron chi connectivity index (χ4n) is 1.83. The fourth-order valence-corrected chi connectivity index (χ4v) is 1.83. The molecule has 0 saturated carbocycles. The molecule has 0 aliphatic carbocycles. The van der Waals surface area contributed by atoms with Gasteiger partial charge in [0, 0.05) is 26.6 Å². The standard InChI is InChI=1S/C10H20O3/c1-7-8(2)13-9(11-4)6-10(7,3)12-5/h7-9H,6H2,1-5H3/t7-,8-,9+,10+/m0/s1. The first kappa shape index (κ1) is 11.0. The number of hydrogen-bond acceptors (Lipinski definition) is 3. The molecule has 1 saturated heterocycles. The molecule has 3 nitrogen and oxygen atoms in total. The molecule has 13 heavy (non-hydrogen) atoms. The van der Waals surface area contributed by atoms with Crippen LogP contribution in [0.5, 0.6) is 0 Å². The Morgan fingerprint density at radius 3 is 2.38 bits per heavy atom. The molecule has 1 rings (SSSR count). The Morgan fingerprint density at radius 1 is 1.31 bits per heavy atom. The fraction of sp³-hybridized carbons (Fsp3) is 1.00. The third-order valence-corrected chi connectivity index (χ3v) is 3.33. The van der Waals surface area contributed by atoms with Crippen molar-refractivity contribution in [3.05, 3.63) is 0 Å². The molecule has 1 fully saturated rings. The van der Waals surface area contributed by atoms with Crippen molar-refractivity contribution < 1.29 is 14.2 Å². The zero-order chi connectivity index (χ0) is 10.1. The van der Waals surface area contributed by atoms with Gasteiger partial charge >= 0.3 is 0 Å². The highest BCUT2D eigenvalue weighted by molar-refractivity contribution is 4.89. The molecular formula is C10H20O3. The minimum Gasteiger partial charge on any atom is -0.378 e. The molecule has 0 radical (unpaired) electrons. The Labute approximate surface area is 80.4 Å². The van der Waals surface area contributed by atoms with Crippen molar-refractivity contribution in [2.45, 2.75) is 45.2 Å². The summed E-state index contributed by atoms with van der Waals surface area (Å²) in [6.07, 6.45) is 0.852. The van der Waals surface area contributed by atoms with Crippen LogP contribution < -0.4 is 0 Å². The van der Waals surface area contributed by atoms with E-state index >= 15 is 0 Å². The van der Waals surface area contributed by atoms with Gasteiger partial charge in [0.05, 0.1) is 11.7 Å². The van der Waals surface area contributed by atoms with Crippen LogP contribution in [0.3, 0.4) is 0 Å². The Bertz CT molecular complexity index is 172. The van der Waals surface area contributed by atoms with Crippen molar-refractivity contribution in [2.24, 2.45) is 5.92 Å². The van der Waals surface area contributed by atoms with Crippen LogP contribution in [0.4, 0.5) is 0 Å². The van der Waals surface area contributed by atoms with Crippen LogP contribution in [0.15, 0.2) is 0 Å². The first-order valence-electron chi connectivity index (χ1n) is 4.77. The Kier molecular flexibility index (Phi) is 3.33. The molecule has 0 aromatic carbocycles. The second-order valence-electron chi connectivity index (χ2n) is 4.02. The molecule has 1 aliphatic heterocycles. The average Bonchev–Trinajstić information content (AvgIpc) is 2.13. The average molecular weight is 188 g/mol. The largest absolute Gasteiger partial charge is 0.378 e. The second-order valence-corrected chi connectivity index (χ2v) is 4.02. The van der Waals surface area contributed by atoms with Gasteiger partial charge in [-0.3, -0.25) is 0 Å². The first-order valence-corrected chi connectivity index (χ1v) is 4.77. The molecule has 4 atom stereocenters. The Balaban J connectivity index is 2.71. The maximum absolute atomic E-state index is 5.64. The molecule has 3 heteroatoms. The van der Waals surface area contributed by atoms with Crippen molar-refractivity contribution in [2.75, 3.05) is 14.2 Å². The van der Waals surface area contributed by atoms with Crippen LogP contribution in [0.2, 0.25) is 0 Å². The Morgan fingerprint density at radius 2 is 1.92 bits per heavy atom. The number of methoxy groups -OCH3 is 2. The van der Waals surface area contributed by atoms with Crippen molar-refractivity contribution in [1.29, 1.82) is 0 Å². The molecule has 1 heterocycles. The second kappa shape index (κ2) is 3.95. The molecule has 0 aromatic rings. The van der Waals surface area contributed by atoms with Crippen molar-refractivity contribution in [1.82, 2.24) is 0 Å². The molecule has 0 N–H and O–H groups in total. The predicted octanol–water partition coefficient (Wildman–Crippen LogP) is 1.81. The maximum atomic E-state index is 5.64. The summed E-state index contributed by atoms with van der Waals surface area (Å²) >= 11 is 0. The van der Waals surface area contributed by atoms with E-state index in [1.807, 2.05) is 0 Å². The number of rotatable bonds is 2. The van der Waals surface area contributed by atoms with E-state index in [1.54, 1.807) is 14.2 Å². The summed E-state index contributed by atoms with van der Waals surface area (Å²) in [5.74, 6) is 0.392. The van der Waals surface area contributed by atoms with Gasteiger partial charge in [0.25, 0.3) is 0 Å². The predicted molar refractivity (Wildman–Crippen MR) is 50.5 cm³/mol. The number of hydrogen-bond donors (Lipinski definition) is 0. The highest BCUT2D eigenvalue weighted by Crippen LogP contribution is 2.36.